The van der Waals surface area contributed by atoms with Crippen LogP contribution in [0.1, 0.15) is 110 Å². The van der Waals surface area contributed by atoms with Crippen molar-refractivity contribution in [3.05, 3.63) is 34.9 Å². The zero-order valence-corrected chi connectivity index (χ0v) is 23.1. The largest absolute Gasteiger partial charge is 0.493 e. The number of carboxylic acid groups (broad SMARTS) is 2. The Morgan fingerprint density at radius 2 is 1.47 bits per heavy atom. The predicted octanol–water partition coefficient (Wildman–Crippen LogP) is 7.39. The summed E-state index contributed by atoms with van der Waals surface area (Å²) in [6.45, 7) is 11.8. The third-order valence-electron chi connectivity index (χ3n) is 7.30. The average molecular weight is 503 g/mol. The lowest BCUT2D eigenvalue weighted by Gasteiger charge is -2.27. The number of carboxylic acids is 2. The standard InChI is InChI=1S/C30H46O6/c1-7-8-9-12-22-19-24(35-16-14-29(3,4)27(31)32)26(23-13-10-11-21(2)18-23)25(20-22)36-17-15-30(5,6)28(33)34/h18-20,23H,7-17H2,1-6H3,(H,31,32)(H,33,34). The smallest absolute Gasteiger partial charge is 0.309 e. The molecule has 0 amide bonds. The van der Waals surface area contributed by atoms with Crippen LogP contribution in [-0.2, 0) is 16.0 Å². The summed E-state index contributed by atoms with van der Waals surface area (Å²) < 4.78 is 12.6. The Bertz CT molecular complexity index is 874. The van der Waals surface area contributed by atoms with E-state index in [0.717, 1.165) is 67.6 Å². The normalized spacial score (nSPS) is 16.4. The lowest BCUT2D eigenvalue weighted by atomic mass is 9.84. The van der Waals surface area contributed by atoms with E-state index < -0.39 is 22.8 Å². The second kappa shape index (κ2) is 13.2. The van der Waals surface area contributed by atoms with Crippen molar-refractivity contribution in [3.8, 4) is 11.5 Å². The van der Waals surface area contributed by atoms with Crippen LogP contribution in [0.4, 0.5) is 0 Å². The van der Waals surface area contributed by atoms with E-state index >= 15 is 0 Å². The number of carbonyl (C=O) groups is 2. The third kappa shape index (κ3) is 8.56. The van der Waals surface area contributed by atoms with Crippen molar-refractivity contribution in [1.82, 2.24) is 0 Å². The fraction of sp³-hybridized carbons (Fsp3) is 0.667. The molecule has 1 aliphatic carbocycles. The van der Waals surface area contributed by atoms with Crippen molar-refractivity contribution < 1.29 is 29.3 Å². The summed E-state index contributed by atoms with van der Waals surface area (Å²) >= 11 is 0. The molecule has 0 saturated carbocycles. The number of aliphatic carboxylic acids is 2. The van der Waals surface area contributed by atoms with Gasteiger partial charge in [0, 0.05) is 11.5 Å². The molecule has 1 atom stereocenters. The average Bonchev–Trinajstić information content (AvgIpc) is 2.78. The zero-order chi connectivity index (χ0) is 26.9. The van der Waals surface area contributed by atoms with Crippen LogP contribution < -0.4 is 9.47 Å². The second-order valence-corrected chi connectivity index (χ2v) is 11.5. The molecule has 1 aromatic rings. The maximum Gasteiger partial charge on any atom is 0.309 e. The SMILES string of the molecule is CCCCCc1cc(OCCC(C)(C)C(=O)O)c(C2C=C(C)CCC2)c(OCCC(C)(C)C(=O)O)c1. The van der Waals surface area contributed by atoms with Gasteiger partial charge in [-0.05, 0) is 97.3 Å². The Hall–Kier alpha value is -2.50. The van der Waals surface area contributed by atoms with Gasteiger partial charge < -0.3 is 19.7 Å². The van der Waals surface area contributed by atoms with Crippen LogP contribution in [0.2, 0.25) is 0 Å². The van der Waals surface area contributed by atoms with E-state index in [1.807, 2.05) is 0 Å². The van der Waals surface area contributed by atoms with Crippen molar-refractivity contribution in [1.29, 1.82) is 0 Å². The minimum absolute atomic E-state index is 0.147. The molecule has 0 spiro atoms. The second-order valence-electron chi connectivity index (χ2n) is 11.5. The van der Waals surface area contributed by atoms with Crippen molar-refractivity contribution in [2.75, 3.05) is 13.2 Å². The highest BCUT2D eigenvalue weighted by Gasteiger charge is 2.29. The fourth-order valence-corrected chi connectivity index (χ4v) is 4.37. The van der Waals surface area contributed by atoms with Gasteiger partial charge in [-0.25, -0.2) is 0 Å². The molecule has 0 radical (unpaired) electrons. The first kappa shape index (κ1) is 29.7. The topological polar surface area (TPSA) is 93.1 Å². The van der Waals surface area contributed by atoms with Gasteiger partial charge in [-0.15, -0.1) is 0 Å². The van der Waals surface area contributed by atoms with Gasteiger partial charge in [0.05, 0.1) is 24.0 Å². The Morgan fingerprint density at radius 1 is 0.944 bits per heavy atom. The van der Waals surface area contributed by atoms with Crippen molar-refractivity contribution in [2.45, 2.75) is 105 Å². The quantitative estimate of drug-likeness (QED) is 0.192. The van der Waals surface area contributed by atoms with E-state index in [-0.39, 0.29) is 5.92 Å². The van der Waals surface area contributed by atoms with E-state index in [4.69, 9.17) is 9.47 Å². The van der Waals surface area contributed by atoms with E-state index in [1.165, 1.54) is 5.57 Å². The molecule has 0 bridgehead atoms. The Morgan fingerprint density at radius 3 is 1.92 bits per heavy atom. The summed E-state index contributed by atoms with van der Waals surface area (Å²) in [5.74, 6) is -0.0123. The molecular formula is C30H46O6. The summed E-state index contributed by atoms with van der Waals surface area (Å²) in [6.07, 6.45) is 10.5. The van der Waals surface area contributed by atoms with E-state index in [9.17, 15) is 19.8 Å². The highest BCUT2D eigenvalue weighted by molar-refractivity contribution is 5.73. The molecule has 36 heavy (non-hydrogen) atoms. The Kier molecular flexibility index (Phi) is 10.9. The monoisotopic (exact) mass is 502 g/mol. The van der Waals surface area contributed by atoms with Crippen LogP contribution >= 0.6 is 0 Å². The first-order valence-electron chi connectivity index (χ1n) is 13.4. The minimum atomic E-state index is -0.873. The van der Waals surface area contributed by atoms with Crippen LogP contribution in [0.15, 0.2) is 23.8 Å². The molecule has 1 aliphatic rings. The molecule has 0 heterocycles. The number of benzene rings is 1. The number of allylic oxidation sites excluding steroid dienone is 2. The molecule has 0 aliphatic heterocycles. The molecule has 1 unspecified atom stereocenters. The first-order chi connectivity index (χ1) is 16.9. The van der Waals surface area contributed by atoms with Gasteiger partial charge >= 0.3 is 11.9 Å². The summed E-state index contributed by atoms with van der Waals surface area (Å²) in [6, 6.07) is 4.20. The number of aryl methyl sites for hydroxylation is 1. The predicted molar refractivity (Wildman–Crippen MR) is 143 cm³/mol. The summed E-state index contributed by atoms with van der Waals surface area (Å²) in [5, 5.41) is 19.0. The van der Waals surface area contributed by atoms with E-state index in [1.54, 1.807) is 27.7 Å². The number of unbranched alkanes of at least 4 members (excludes halogenated alkanes) is 2. The number of hydrogen-bond acceptors (Lipinski definition) is 4. The molecule has 0 fully saturated rings. The lowest BCUT2D eigenvalue weighted by molar-refractivity contribution is -0.148. The van der Waals surface area contributed by atoms with Crippen LogP contribution in [0.25, 0.3) is 0 Å². The van der Waals surface area contributed by atoms with Gasteiger partial charge in [-0.1, -0.05) is 31.4 Å². The van der Waals surface area contributed by atoms with Gasteiger partial charge in [0.15, 0.2) is 0 Å². The van der Waals surface area contributed by atoms with Crippen LogP contribution in [0.5, 0.6) is 11.5 Å². The van der Waals surface area contributed by atoms with Crippen LogP contribution in [0, 0.1) is 10.8 Å². The van der Waals surface area contributed by atoms with Gasteiger partial charge in [0.1, 0.15) is 11.5 Å². The minimum Gasteiger partial charge on any atom is -0.493 e. The van der Waals surface area contributed by atoms with Crippen molar-refractivity contribution in [3.63, 3.8) is 0 Å². The number of ether oxygens (including phenoxy) is 2. The highest BCUT2D eigenvalue weighted by atomic mass is 16.5. The molecule has 202 valence electrons. The maximum absolute atomic E-state index is 11.6. The number of hydrogen-bond donors (Lipinski definition) is 2. The summed E-state index contributed by atoms with van der Waals surface area (Å²) in [4.78, 5) is 23.2. The molecule has 0 saturated heterocycles. The lowest BCUT2D eigenvalue weighted by Crippen LogP contribution is -2.26. The van der Waals surface area contributed by atoms with Crippen LogP contribution in [0.3, 0.4) is 0 Å². The van der Waals surface area contributed by atoms with Gasteiger partial charge in [0.2, 0.25) is 0 Å². The molecule has 1 aromatic carbocycles. The molecular weight excluding hydrogens is 456 g/mol. The van der Waals surface area contributed by atoms with Crippen LogP contribution in [-0.4, -0.2) is 35.4 Å². The van der Waals surface area contributed by atoms with Crippen molar-refractivity contribution >= 4 is 11.9 Å². The first-order valence-corrected chi connectivity index (χ1v) is 13.4. The number of rotatable bonds is 15. The third-order valence-corrected chi connectivity index (χ3v) is 7.30. The summed E-state index contributed by atoms with van der Waals surface area (Å²) in [5.41, 5.74) is 1.72. The van der Waals surface area contributed by atoms with Crippen molar-refractivity contribution in [2.24, 2.45) is 10.8 Å². The molecule has 6 heteroatoms. The molecule has 6 nitrogen and oxygen atoms in total. The molecule has 2 N–H and O–H groups in total. The van der Waals surface area contributed by atoms with Gasteiger partial charge in [-0.2, -0.15) is 0 Å². The van der Waals surface area contributed by atoms with Gasteiger partial charge in [-0.3, -0.25) is 9.59 Å². The Labute approximate surface area is 217 Å². The Balaban J connectivity index is 2.43. The zero-order valence-electron chi connectivity index (χ0n) is 23.1. The fourth-order valence-electron chi connectivity index (χ4n) is 4.37. The maximum atomic E-state index is 11.6. The van der Waals surface area contributed by atoms with Gasteiger partial charge in [0.25, 0.3) is 0 Å². The van der Waals surface area contributed by atoms with E-state index in [0.29, 0.717) is 26.1 Å². The van der Waals surface area contributed by atoms with E-state index in [2.05, 4.69) is 32.1 Å². The highest BCUT2D eigenvalue weighted by Crippen LogP contribution is 2.43. The molecule has 0 aromatic heterocycles. The molecule has 2 rings (SSSR count). The summed E-state index contributed by atoms with van der Waals surface area (Å²) in [7, 11) is 0.